The first-order valence-corrected chi connectivity index (χ1v) is 5.40. The van der Waals surface area contributed by atoms with Crippen LogP contribution in [-0.4, -0.2) is 12.3 Å². The first kappa shape index (κ1) is 13.2. The number of nitrogens with one attached hydrogen (secondary N) is 1. The Morgan fingerprint density at radius 2 is 1.86 bits per heavy atom. The van der Waals surface area contributed by atoms with E-state index < -0.39 is 0 Å². The molecule has 0 aliphatic carbocycles. The van der Waals surface area contributed by atoms with Crippen molar-refractivity contribution in [2.45, 2.75) is 47.5 Å². The molecule has 2 nitrogen and oxygen atoms in total. The maximum absolute atomic E-state index is 11.7. The van der Waals surface area contributed by atoms with E-state index in [1.807, 2.05) is 20.8 Å². The average molecular weight is 197 g/mol. The molecule has 0 spiro atoms. The van der Waals surface area contributed by atoms with Gasteiger partial charge in [-0.05, 0) is 12.8 Å². The third kappa shape index (κ3) is 5.05. The third-order valence-electron chi connectivity index (χ3n) is 2.03. The normalized spacial score (nSPS) is 12.8. The van der Waals surface area contributed by atoms with Gasteiger partial charge < -0.3 is 5.32 Å². The Labute approximate surface area is 87.8 Å². The Kier molecular flexibility index (Phi) is 5.51. The fourth-order valence-electron chi connectivity index (χ4n) is 0.938. The molecule has 0 heterocycles. The smallest absolute Gasteiger partial charge is 0.162 e. The van der Waals surface area contributed by atoms with Crippen LogP contribution in [-0.2, 0) is 4.79 Å². The zero-order chi connectivity index (χ0) is 11.2. The van der Waals surface area contributed by atoms with Crippen molar-refractivity contribution >= 4 is 5.78 Å². The summed E-state index contributed by atoms with van der Waals surface area (Å²) in [5, 5.41) is 3.26. The van der Waals surface area contributed by atoms with E-state index in [0.717, 1.165) is 25.1 Å². The van der Waals surface area contributed by atoms with Crippen LogP contribution in [0.2, 0.25) is 0 Å². The fraction of sp³-hybridized carbons (Fsp3) is 0.750. The van der Waals surface area contributed by atoms with Crippen molar-refractivity contribution in [2.24, 2.45) is 5.41 Å². The molecule has 0 saturated carbocycles. The number of hydrogen-bond acceptors (Lipinski definition) is 2. The maximum atomic E-state index is 11.7. The summed E-state index contributed by atoms with van der Waals surface area (Å²) in [5.74, 6) is 0.193. The lowest BCUT2D eigenvalue weighted by atomic mass is 9.90. The van der Waals surface area contributed by atoms with Gasteiger partial charge in [-0.15, -0.1) is 0 Å². The lowest BCUT2D eigenvalue weighted by Crippen LogP contribution is -2.21. The average Bonchev–Trinajstić information content (AvgIpc) is 2.10. The Hall–Kier alpha value is -0.790. The van der Waals surface area contributed by atoms with Crippen LogP contribution in [0.5, 0.6) is 0 Å². The molecular weight excluding hydrogens is 174 g/mol. The molecule has 0 aromatic rings. The van der Waals surface area contributed by atoms with E-state index in [0.29, 0.717) is 0 Å². The first-order chi connectivity index (χ1) is 6.41. The van der Waals surface area contributed by atoms with E-state index in [2.05, 4.69) is 19.2 Å². The summed E-state index contributed by atoms with van der Waals surface area (Å²) in [6.07, 6.45) is 3.72. The number of allylic oxidation sites excluding steroid dienone is 2. The highest BCUT2D eigenvalue weighted by atomic mass is 16.1. The minimum absolute atomic E-state index is 0.193. The van der Waals surface area contributed by atoms with Crippen molar-refractivity contribution in [1.82, 2.24) is 5.32 Å². The van der Waals surface area contributed by atoms with Gasteiger partial charge in [0.05, 0.1) is 0 Å². The van der Waals surface area contributed by atoms with Crippen molar-refractivity contribution < 1.29 is 4.79 Å². The second-order valence-corrected chi connectivity index (χ2v) is 4.56. The SMILES string of the molecule is CCCN/C(=C\C(=O)C(C)(C)C)CC. The molecule has 0 fully saturated rings. The largest absolute Gasteiger partial charge is 0.388 e. The zero-order valence-electron chi connectivity index (χ0n) is 10.1. The van der Waals surface area contributed by atoms with E-state index >= 15 is 0 Å². The second kappa shape index (κ2) is 5.84. The summed E-state index contributed by atoms with van der Waals surface area (Å²) in [7, 11) is 0. The Balaban J connectivity index is 4.36. The van der Waals surface area contributed by atoms with Gasteiger partial charge in [-0.2, -0.15) is 0 Å². The molecule has 0 bridgehead atoms. The highest BCUT2D eigenvalue weighted by Gasteiger charge is 2.18. The Morgan fingerprint density at radius 1 is 1.29 bits per heavy atom. The summed E-state index contributed by atoms with van der Waals surface area (Å²) in [6.45, 7) is 10.9. The van der Waals surface area contributed by atoms with Gasteiger partial charge in [-0.3, -0.25) is 4.79 Å². The zero-order valence-corrected chi connectivity index (χ0v) is 10.1. The molecule has 0 aliphatic rings. The lowest BCUT2D eigenvalue weighted by molar-refractivity contribution is -0.121. The van der Waals surface area contributed by atoms with Gasteiger partial charge in [0.2, 0.25) is 0 Å². The first-order valence-electron chi connectivity index (χ1n) is 5.40. The van der Waals surface area contributed by atoms with Crippen LogP contribution in [0.1, 0.15) is 47.5 Å². The second-order valence-electron chi connectivity index (χ2n) is 4.56. The number of carbonyl (C=O) groups is 1. The molecule has 0 atom stereocenters. The minimum atomic E-state index is -0.270. The van der Waals surface area contributed by atoms with Crippen LogP contribution in [0.4, 0.5) is 0 Å². The van der Waals surface area contributed by atoms with Gasteiger partial charge in [0, 0.05) is 23.7 Å². The molecule has 0 aromatic heterocycles. The third-order valence-corrected chi connectivity index (χ3v) is 2.03. The lowest BCUT2D eigenvalue weighted by Gasteiger charge is -2.15. The number of hydrogen-bond donors (Lipinski definition) is 1. The molecular formula is C12H23NO. The highest BCUT2D eigenvalue weighted by molar-refractivity contribution is 5.94. The van der Waals surface area contributed by atoms with Crippen LogP contribution >= 0.6 is 0 Å². The summed E-state index contributed by atoms with van der Waals surface area (Å²) in [4.78, 5) is 11.7. The molecule has 2 heteroatoms. The predicted molar refractivity (Wildman–Crippen MR) is 61.1 cm³/mol. The molecule has 0 radical (unpaired) electrons. The van der Waals surface area contributed by atoms with Crippen LogP contribution in [0, 0.1) is 5.41 Å². The topological polar surface area (TPSA) is 29.1 Å². The predicted octanol–water partition coefficient (Wildman–Crippen LogP) is 2.90. The molecule has 0 saturated heterocycles. The summed E-state index contributed by atoms with van der Waals surface area (Å²) < 4.78 is 0. The number of rotatable bonds is 5. The van der Waals surface area contributed by atoms with Crippen molar-refractivity contribution in [3.63, 3.8) is 0 Å². The van der Waals surface area contributed by atoms with Crippen LogP contribution < -0.4 is 5.32 Å². The number of ketones is 1. The molecule has 0 aliphatic heterocycles. The summed E-state index contributed by atoms with van der Waals surface area (Å²) in [5.41, 5.74) is 0.778. The van der Waals surface area contributed by atoms with E-state index in [1.165, 1.54) is 0 Å². The van der Waals surface area contributed by atoms with Crippen molar-refractivity contribution in [1.29, 1.82) is 0 Å². The molecule has 0 unspecified atom stereocenters. The number of carbonyl (C=O) groups excluding carboxylic acids is 1. The Morgan fingerprint density at radius 3 is 2.21 bits per heavy atom. The molecule has 0 rings (SSSR count). The van der Waals surface area contributed by atoms with Crippen molar-refractivity contribution in [3.05, 3.63) is 11.8 Å². The van der Waals surface area contributed by atoms with Gasteiger partial charge in [0.15, 0.2) is 5.78 Å². The summed E-state index contributed by atoms with van der Waals surface area (Å²) in [6, 6.07) is 0. The maximum Gasteiger partial charge on any atom is 0.162 e. The molecule has 0 amide bonds. The molecule has 82 valence electrons. The van der Waals surface area contributed by atoms with Crippen LogP contribution in [0.15, 0.2) is 11.8 Å². The summed E-state index contributed by atoms with van der Waals surface area (Å²) >= 11 is 0. The van der Waals surface area contributed by atoms with Crippen molar-refractivity contribution in [2.75, 3.05) is 6.54 Å². The highest BCUT2D eigenvalue weighted by Crippen LogP contribution is 2.16. The van der Waals surface area contributed by atoms with Crippen LogP contribution in [0.3, 0.4) is 0 Å². The Bertz CT molecular complexity index is 211. The van der Waals surface area contributed by atoms with Crippen LogP contribution in [0.25, 0.3) is 0 Å². The minimum Gasteiger partial charge on any atom is -0.388 e. The van der Waals surface area contributed by atoms with E-state index in [1.54, 1.807) is 6.08 Å². The molecule has 0 aromatic carbocycles. The van der Waals surface area contributed by atoms with Gasteiger partial charge in [-0.1, -0.05) is 34.6 Å². The van der Waals surface area contributed by atoms with Gasteiger partial charge >= 0.3 is 0 Å². The van der Waals surface area contributed by atoms with E-state index in [9.17, 15) is 4.79 Å². The monoisotopic (exact) mass is 197 g/mol. The van der Waals surface area contributed by atoms with E-state index in [-0.39, 0.29) is 11.2 Å². The fourth-order valence-corrected chi connectivity index (χ4v) is 0.938. The van der Waals surface area contributed by atoms with Gasteiger partial charge in [-0.25, -0.2) is 0 Å². The quantitative estimate of drug-likeness (QED) is 0.687. The molecule has 1 N–H and O–H groups in total. The van der Waals surface area contributed by atoms with Gasteiger partial charge in [0.25, 0.3) is 0 Å². The standard InChI is InChI=1S/C12H23NO/c1-6-8-13-10(7-2)9-11(14)12(3,4)5/h9,13H,6-8H2,1-5H3/b10-9-. The van der Waals surface area contributed by atoms with Crippen molar-refractivity contribution in [3.8, 4) is 0 Å². The molecule has 14 heavy (non-hydrogen) atoms. The van der Waals surface area contributed by atoms with Gasteiger partial charge in [0.1, 0.15) is 0 Å². The van der Waals surface area contributed by atoms with E-state index in [4.69, 9.17) is 0 Å².